The highest BCUT2D eigenvalue weighted by molar-refractivity contribution is 5.97. The topological polar surface area (TPSA) is 73.9 Å². The van der Waals surface area contributed by atoms with E-state index in [0.717, 1.165) is 37.2 Å². The van der Waals surface area contributed by atoms with Gasteiger partial charge in [0.2, 0.25) is 0 Å². The molecule has 0 spiro atoms. The summed E-state index contributed by atoms with van der Waals surface area (Å²) in [6.45, 7) is 2.85. The van der Waals surface area contributed by atoms with E-state index in [9.17, 15) is 0 Å². The minimum absolute atomic E-state index is 0.143. The first kappa shape index (κ1) is 14.5. The fourth-order valence-electron chi connectivity index (χ4n) is 1.65. The summed E-state index contributed by atoms with van der Waals surface area (Å²) in [5.41, 5.74) is 7.42. The third kappa shape index (κ3) is 5.16. The van der Waals surface area contributed by atoms with Gasteiger partial charge in [-0.05, 0) is 45.2 Å². The largest absolute Gasteiger partial charge is 0.409 e. The molecular weight excluding hydrogens is 228 g/mol. The van der Waals surface area contributed by atoms with Crippen molar-refractivity contribution in [2.75, 3.05) is 27.2 Å². The number of oxime groups is 1. The Balaban J connectivity index is 2.39. The average molecular weight is 250 g/mol. The molecule has 0 unspecified atom stereocenters. The molecule has 0 aromatic heterocycles. The molecule has 0 bridgehead atoms. The van der Waals surface area contributed by atoms with Crippen LogP contribution in [0.2, 0.25) is 0 Å². The molecule has 5 nitrogen and oxygen atoms in total. The van der Waals surface area contributed by atoms with E-state index >= 15 is 0 Å². The van der Waals surface area contributed by atoms with E-state index in [1.807, 2.05) is 24.3 Å². The van der Waals surface area contributed by atoms with E-state index in [2.05, 4.69) is 29.5 Å². The summed E-state index contributed by atoms with van der Waals surface area (Å²) in [4.78, 5) is 2.17. The SMILES string of the molecule is CN(C)CCCNCc1cccc(C(N)=NO)c1. The molecular formula is C13H22N4O. The predicted octanol–water partition coefficient (Wildman–Crippen LogP) is 0.822. The number of nitrogens with two attached hydrogens (primary N) is 1. The van der Waals surface area contributed by atoms with Gasteiger partial charge in [-0.3, -0.25) is 0 Å². The van der Waals surface area contributed by atoms with Crippen LogP contribution < -0.4 is 11.1 Å². The lowest BCUT2D eigenvalue weighted by Gasteiger charge is -2.10. The predicted molar refractivity (Wildman–Crippen MR) is 73.8 cm³/mol. The number of hydrogen-bond acceptors (Lipinski definition) is 4. The van der Waals surface area contributed by atoms with E-state index in [0.29, 0.717) is 0 Å². The van der Waals surface area contributed by atoms with Crippen LogP contribution in [0, 0.1) is 0 Å². The Morgan fingerprint density at radius 2 is 2.22 bits per heavy atom. The maximum absolute atomic E-state index is 8.62. The molecule has 100 valence electrons. The first-order valence-electron chi connectivity index (χ1n) is 6.05. The average Bonchev–Trinajstić information content (AvgIpc) is 2.37. The van der Waals surface area contributed by atoms with Crippen LogP contribution in [0.25, 0.3) is 0 Å². The molecule has 0 atom stereocenters. The van der Waals surface area contributed by atoms with E-state index in [-0.39, 0.29) is 5.84 Å². The summed E-state index contributed by atoms with van der Waals surface area (Å²) < 4.78 is 0. The number of nitrogens with one attached hydrogen (secondary N) is 1. The standard InChI is InChI=1S/C13H22N4O/c1-17(2)8-4-7-15-10-11-5-3-6-12(9-11)13(14)16-18/h3,5-6,9,15,18H,4,7-8,10H2,1-2H3,(H2,14,16). The van der Waals surface area contributed by atoms with E-state index < -0.39 is 0 Å². The van der Waals surface area contributed by atoms with Gasteiger partial charge in [-0.25, -0.2) is 0 Å². The van der Waals surface area contributed by atoms with Crippen molar-refractivity contribution < 1.29 is 5.21 Å². The first-order valence-corrected chi connectivity index (χ1v) is 6.05. The van der Waals surface area contributed by atoms with Crippen molar-refractivity contribution in [1.82, 2.24) is 10.2 Å². The minimum atomic E-state index is 0.143. The molecule has 0 aliphatic heterocycles. The van der Waals surface area contributed by atoms with E-state index in [1.165, 1.54) is 0 Å². The summed E-state index contributed by atoms with van der Waals surface area (Å²) in [7, 11) is 4.14. The molecule has 0 aliphatic rings. The van der Waals surface area contributed by atoms with Gasteiger partial charge < -0.3 is 21.2 Å². The fourth-order valence-corrected chi connectivity index (χ4v) is 1.65. The van der Waals surface area contributed by atoms with E-state index in [4.69, 9.17) is 10.9 Å². The summed E-state index contributed by atoms with van der Waals surface area (Å²) in [6.07, 6.45) is 1.12. The van der Waals surface area contributed by atoms with Crippen molar-refractivity contribution in [3.63, 3.8) is 0 Å². The highest BCUT2D eigenvalue weighted by atomic mass is 16.4. The molecule has 0 fully saturated rings. The first-order chi connectivity index (χ1) is 8.63. The summed E-state index contributed by atoms with van der Waals surface area (Å²) in [6, 6.07) is 7.68. The molecule has 0 radical (unpaired) electrons. The zero-order valence-corrected chi connectivity index (χ0v) is 11.1. The third-order valence-electron chi connectivity index (χ3n) is 2.62. The van der Waals surface area contributed by atoms with E-state index in [1.54, 1.807) is 0 Å². The van der Waals surface area contributed by atoms with Crippen LogP contribution in [0.15, 0.2) is 29.4 Å². The zero-order chi connectivity index (χ0) is 13.4. The maximum atomic E-state index is 8.62. The van der Waals surface area contributed by atoms with Gasteiger partial charge in [0, 0.05) is 12.1 Å². The lowest BCUT2D eigenvalue weighted by Crippen LogP contribution is -2.21. The second-order valence-corrected chi connectivity index (χ2v) is 4.52. The highest BCUT2D eigenvalue weighted by Gasteiger charge is 2.00. The normalized spacial score (nSPS) is 12.1. The van der Waals surface area contributed by atoms with Gasteiger partial charge in [-0.2, -0.15) is 0 Å². The maximum Gasteiger partial charge on any atom is 0.170 e. The van der Waals surface area contributed by atoms with Gasteiger partial charge in [0.1, 0.15) is 0 Å². The molecule has 5 heteroatoms. The van der Waals surface area contributed by atoms with Crippen LogP contribution in [0.5, 0.6) is 0 Å². The second kappa shape index (κ2) is 7.68. The molecule has 4 N–H and O–H groups in total. The van der Waals surface area contributed by atoms with Gasteiger partial charge in [-0.1, -0.05) is 23.4 Å². The molecule has 18 heavy (non-hydrogen) atoms. The Hall–Kier alpha value is -1.59. The monoisotopic (exact) mass is 250 g/mol. The van der Waals surface area contributed by atoms with Crippen molar-refractivity contribution >= 4 is 5.84 Å². The van der Waals surface area contributed by atoms with Crippen molar-refractivity contribution in [2.24, 2.45) is 10.9 Å². The Bertz CT molecular complexity index is 390. The molecule has 1 aromatic rings. The Morgan fingerprint density at radius 1 is 1.44 bits per heavy atom. The minimum Gasteiger partial charge on any atom is -0.409 e. The van der Waals surface area contributed by atoms with Crippen LogP contribution >= 0.6 is 0 Å². The van der Waals surface area contributed by atoms with Gasteiger partial charge in [-0.15, -0.1) is 0 Å². The number of amidine groups is 1. The Labute approximate surface area is 108 Å². The second-order valence-electron chi connectivity index (χ2n) is 4.52. The van der Waals surface area contributed by atoms with Crippen molar-refractivity contribution in [3.8, 4) is 0 Å². The zero-order valence-electron chi connectivity index (χ0n) is 11.1. The molecule has 0 aliphatic carbocycles. The van der Waals surface area contributed by atoms with Crippen LogP contribution in [0.4, 0.5) is 0 Å². The lowest BCUT2D eigenvalue weighted by atomic mass is 10.1. The van der Waals surface area contributed by atoms with Crippen molar-refractivity contribution in [3.05, 3.63) is 35.4 Å². The smallest absolute Gasteiger partial charge is 0.170 e. The van der Waals surface area contributed by atoms with Crippen LogP contribution in [-0.4, -0.2) is 43.1 Å². The number of hydrogen-bond donors (Lipinski definition) is 3. The molecule has 1 rings (SSSR count). The van der Waals surface area contributed by atoms with Crippen LogP contribution in [0.3, 0.4) is 0 Å². The summed E-state index contributed by atoms with van der Waals surface area (Å²) >= 11 is 0. The van der Waals surface area contributed by atoms with Gasteiger partial charge >= 0.3 is 0 Å². The molecule has 1 aromatic carbocycles. The Kier molecular flexibility index (Phi) is 6.18. The van der Waals surface area contributed by atoms with Gasteiger partial charge in [0.05, 0.1) is 0 Å². The quantitative estimate of drug-likeness (QED) is 0.220. The summed E-state index contributed by atoms with van der Waals surface area (Å²) in [5, 5.41) is 15.0. The Morgan fingerprint density at radius 3 is 2.89 bits per heavy atom. The highest BCUT2D eigenvalue weighted by Crippen LogP contribution is 2.04. The van der Waals surface area contributed by atoms with Gasteiger partial charge in [0.15, 0.2) is 5.84 Å². The molecule has 0 saturated heterocycles. The number of nitrogens with zero attached hydrogens (tertiary/aromatic N) is 2. The summed E-state index contributed by atoms with van der Waals surface area (Å²) in [5.74, 6) is 0.143. The molecule has 0 saturated carbocycles. The van der Waals surface area contributed by atoms with Gasteiger partial charge in [0.25, 0.3) is 0 Å². The molecule has 0 amide bonds. The lowest BCUT2D eigenvalue weighted by molar-refractivity contribution is 0.318. The van der Waals surface area contributed by atoms with Crippen LogP contribution in [0.1, 0.15) is 17.5 Å². The number of benzene rings is 1. The molecule has 0 heterocycles. The third-order valence-corrected chi connectivity index (χ3v) is 2.62. The number of rotatable bonds is 7. The van der Waals surface area contributed by atoms with Crippen molar-refractivity contribution in [1.29, 1.82) is 0 Å². The van der Waals surface area contributed by atoms with Crippen LogP contribution in [-0.2, 0) is 6.54 Å². The van der Waals surface area contributed by atoms with Crippen molar-refractivity contribution in [2.45, 2.75) is 13.0 Å². The fraction of sp³-hybridized carbons (Fsp3) is 0.462.